The van der Waals surface area contributed by atoms with Crippen molar-refractivity contribution >= 4 is 17.3 Å². The summed E-state index contributed by atoms with van der Waals surface area (Å²) in [6, 6.07) is 5.58. The summed E-state index contributed by atoms with van der Waals surface area (Å²) in [5, 5.41) is 6.84. The topological polar surface area (TPSA) is 72.9 Å². The number of nitrogens with one attached hydrogen (secondary N) is 1. The quantitative estimate of drug-likeness (QED) is 0.886. The molecule has 0 aliphatic rings. The van der Waals surface area contributed by atoms with E-state index in [1.54, 1.807) is 18.5 Å². The van der Waals surface area contributed by atoms with Crippen molar-refractivity contribution in [2.75, 3.05) is 11.1 Å². The summed E-state index contributed by atoms with van der Waals surface area (Å²) in [4.78, 5) is 11.8. The molecule has 1 aromatic heterocycles. The number of benzene rings is 1. The van der Waals surface area contributed by atoms with Gasteiger partial charge in [0.2, 0.25) is 5.91 Å². The monoisotopic (exact) mass is 262 g/mol. The first kappa shape index (κ1) is 13.1. The van der Waals surface area contributed by atoms with Gasteiger partial charge in [-0.25, -0.2) is 4.39 Å². The maximum Gasteiger partial charge on any atom is 0.246 e. The minimum atomic E-state index is -0.343. The van der Waals surface area contributed by atoms with E-state index in [9.17, 15) is 9.18 Å². The predicted octanol–water partition coefficient (Wildman–Crippen LogP) is 1.86. The van der Waals surface area contributed by atoms with Gasteiger partial charge in [-0.15, -0.1) is 0 Å². The Morgan fingerprint density at radius 2 is 2.00 bits per heavy atom. The van der Waals surface area contributed by atoms with E-state index < -0.39 is 0 Å². The zero-order valence-electron chi connectivity index (χ0n) is 10.8. The van der Waals surface area contributed by atoms with E-state index in [0.29, 0.717) is 17.1 Å². The highest BCUT2D eigenvalue weighted by atomic mass is 19.1. The number of nitrogens with two attached hydrogens (primary N) is 1. The Morgan fingerprint density at radius 3 is 2.53 bits per heavy atom. The van der Waals surface area contributed by atoms with Gasteiger partial charge in [0, 0.05) is 5.69 Å². The molecule has 3 N–H and O–H groups in total. The zero-order chi connectivity index (χ0) is 14.0. The normalized spacial score (nSPS) is 10.5. The second kappa shape index (κ2) is 5.09. The molecule has 0 aliphatic carbocycles. The van der Waals surface area contributed by atoms with Gasteiger partial charge < -0.3 is 11.1 Å². The third-order valence-corrected chi connectivity index (χ3v) is 2.86. The molecular weight excluding hydrogens is 247 g/mol. The fourth-order valence-electron chi connectivity index (χ4n) is 1.73. The summed E-state index contributed by atoms with van der Waals surface area (Å²) in [6.45, 7) is 3.67. The van der Waals surface area contributed by atoms with Gasteiger partial charge in [0.25, 0.3) is 0 Å². The molecule has 0 aliphatic heterocycles. The van der Waals surface area contributed by atoms with E-state index in [0.717, 1.165) is 5.69 Å². The molecule has 2 aromatic rings. The van der Waals surface area contributed by atoms with Crippen molar-refractivity contribution in [3.63, 3.8) is 0 Å². The Labute approximate surface area is 110 Å². The number of nitrogen functional groups attached to an aromatic ring is 1. The van der Waals surface area contributed by atoms with Gasteiger partial charge >= 0.3 is 0 Å². The summed E-state index contributed by atoms with van der Waals surface area (Å²) < 4.78 is 14.3. The minimum absolute atomic E-state index is 0.0707. The van der Waals surface area contributed by atoms with Crippen LogP contribution in [0.5, 0.6) is 0 Å². The first-order valence-electron chi connectivity index (χ1n) is 5.82. The molecule has 19 heavy (non-hydrogen) atoms. The van der Waals surface area contributed by atoms with Crippen LogP contribution in [0.3, 0.4) is 0 Å². The number of anilines is 2. The Bertz CT molecular complexity index is 604. The molecule has 0 spiro atoms. The summed E-state index contributed by atoms with van der Waals surface area (Å²) in [5.74, 6) is -0.582. The van der Waals surface area contributed by atoms with Gasteiger partial charge in [-0.2, -0.15) is 5.10 Å². The number of carbonyl (C=O) groups is 1. The average Bonchev–Trinajstić information content (AvgIpc) is 2.60. The van der Waals surface area contributed by atoms with Crippen molar-refractivity contribution in [1.82, 2.24) is 9.78 Å². The number of carbonyl (C=O) groups excluding carboxylic acids is 1. The lowest BCUT2D eigenvalue weighted by Gasteiger charge is -2.06. The fraction of sp³-hybridized carbons (Fsp3) is 0.231. The second-order valence-electron chi connectivity index (χ2n) is 4.30. The molecule has 100 valence electrons. The highest BCUT2D eigenvalue weighted by Crippen LogP contribution is 2.15. The van der Waals surface area contributed by atoms with Crippen LogP contribution in [0, 0.1) is 19.7 Å². The highest BCUT2D eigenvalue weighted by Gasteiger charge is 2.11. The van der Waals surface area contributed by atoms with E-state index in [1.165, 1.54) is 24.3 Å². The number of amides is 1. The van der Waals surface area contributed by atoms with Gasteiger partial charge in [0.15, 0.2) is 0 Å². The van der Waals surface area contributed by atoms with Crippen LogP contribution in [-0.4, -0.2) is 15.7 Å². The number of hydrogen-bond donors (Lipinski definition) is 2. The molecule has 1 heterocycles. The average molecular weight is 262 g/mol. The van der Waals surface area contributed by atoms with Crippen LogP contribution >= 0.6 is 0 Å². The molecule has 1 amide bonds. The zero-order valence-corrected chi connectivity index (χ0v) is 10.8. The maximum absolute atomic E-state index is 12.7. The van der Waals surface area contributed by atoms with Gasteiger partial charge in [-0.1, -0.05) is 0 Å². The maximum atomic E-state index is 12.7. The molecule has 0 saturated heterocycles. The van der Waals surface area contributed by atoms with Gasteiger partial charge in [0.05, 0.1) is 17.1 Å². The molecule has 5 nitrogen and oxygen atoms in total. The molecule has 6 heteroatoms. The van der Waals surface area contributed by atoms with Crippen molar-refractivity contribution in [1.29, 1.82) is 0 Å². The number of aromatic nitrogens is 2. The van der Waals surface area contributed by atoms with Crippen molar-refractivity contribution in [2.45, 2.75) is 20.4 Å². The first-order valence-corrected chi connectivity index (χ1v) is 5.82. The number of aryl methyl sites for hydroxylation is 1. The van der Waals surface area contributed by atoms with Crippen LogP contribution < -0.4 is 11.1 Å². The fourth-order valence-corrected chi connectivity index (χ4v) is 1.73. The number of hydrogen-bond acceptors (Lipinski definition) is 3. The highest BCUT2D eigenvalue weighted by molar-refractivity contribution is 5.90. The Kier molecular flexibility index (Phi) is 3.50. The summed E-state index contributed by atoms with van der Waals surface area (Å²) in [6.07, 6.45) is 0. The Morgan fingerprint density at radius 1 is 1.37 bits per heavy atom. The molecule has 0 radical (unpaired) electrons. The van der Waals surface area contributed by atoms with Crippen LogP contribution in [0.25, 0.3) is 0 Å². The third kappa shape index (κ3) is 2.90. The van der Waals surface area contributed by atoms with E-state index >= 15 is 0 Å². The van der Waals surface area contributed by atoms with Crippen molar-refractivity contribution in [3.05, 3.63) is 41.5 Å². The van der Waals surface area contributed by atoms with Crippen LogP contribution in [0.1, 0.15) is 11.4 Å². The summed E-state index contributed by atoms with van der Waals surface area (Å²) in [7, 11) is 0. The molecule has 2 rings (SSSR count). The second-order valence-corrected chi connectivity index (χ2v) is 4.30. The Hall–Kier alpha value is -2.37. The number of nitrogens with zero attached hydrogens (tertiary/aromatic N) is 2. The lowest BCUT2D eigenvalue weighted by atomic mass is 10.3. The lowest BCUT2D eigenvalue weighted by molar-refractivity contribution is -0.116. The minimum Gasteiger partial charge on any atom is -0.396 e. The van der Waals surface area contributed by atoms with E-state index in [2.05, 4.69) is 10.4 Å². The molecular formula is C13H15FN4O. The van der Waals surface area contributed by atoms with Crippen LogP contribution in [0.4, 0.5) is 15.8 Å². The molecule has 0 fully saturated rings. The van der Waals surface area contributed by atoms with Gasteiger partial charge in [-0.05, 0) is 38.1 Å². The SMILES string of the molecule is Cc1nn(CC(=O)Nc2ccc(F)cc2)c(C)c1N. The smallest absolute Gasteiger partial charge is 0.246 e. The van der Waals surface area contributed by atoms with Crippen molar-refractivity contribution in [3.8, 4) is 0 Å². The van der Waals surface area contributed by atoms with E-state index in [-0.39, 0.29) is 18.3 Å². The standard InChI is InChI=1S/C13H15FN4O/c1-8-13(15)9(2)18(17-8)7-12(19)16-11-5-3-10(14)4-6-11/h3-6H,7,15H2,1-2H3,(H,16,19). The van der Waals surface area contributed by atoms with Crippen LogP contribution in [0.15, 0.2) is 24.3 Å². The lowest BCUT2D eigenvalue weighted by Crippen LogP contribution is -2.20. The van der Waals surface area contributed by atoms with E-state index in [1.807, 2.05) is 0 Å². The summed E-state index contributed by atoms with van der Waals surface area (Å²) in [5.41, 5.74) is 8.38. The van der Waals surface area contributed by atoms with Crippen LogP contribution in [0.2, 0.25) is 0 Å². The summed E-state index contributed by atoms with van der Waals surface area (Å²) >= 11 is 0. The Balaban J connectivity index is 2.05. The molecule has 1 aromatic carbocycles. The van der Waals surface area contributed by atoms with Gasteiger partial charge in [-0.3, -0.25) is 9.48 Å². The van der Waals surface area contributed by atoms with Crippen molar-refractivity contribution in [2.24, 2.45) is 0 Å². The number of rotatable bonds is 3. The third-order valence-electron chi connectivity index (χ3n) is 2.86. The number of halogens is 1. The largest absolute Gasteiger partial charge is 0.396 e. The first-order chi connectivity index (χ1) is 8.97. The van der Waals surface area contributed by atoms with Crippen LogP contribution in [-0.2, 0) is 11.3 Å². The molecule has 0 saturated carbocycles. The molecule has 0 unspecified atom stereocenters. The molecule has 0 bridgehead atoms. The van der Waals surface area contributed by atoms with E-state index in [4.69, 9.17) is 5.73 Å². The van der Waals surface area contributed by atoms with Crippen molar-refractivity contribution < 1.29 is 9.18 Å². The van der Waals surface area contributed by atoms with Gasteiger partial charge in [0.1, 0.15) is 12.4 Å². The molecule has 0 atom stereocenters. The predicted molar refractivity (Wildman–Crippen MR) is 71.1 cm³/mol.